The van der Waals surface area contributed by atoms with Gasteiger partial charge in [-0.15, -0.1) is 0 Å². The molecule has 0 saturated carbocycles. The second-order valence-electron chi connectivity index (χ2n) is 5.22. The normalized spacial score (nSPS) is 30.1. The van der Waals surface area contributed by atoms with Crippen LogP contribution in [0.2, 0.25) is 0 Å². The SMILES string of the molecule is CO[C@H]1O[C@H](C(O)SC#N)[C@H](OS(C)(=O)=O)[C@H](OC(C)=O)[C@H]1OC(C)=O. The molecule has 0 bridgehead atoms. The summed E-state index contributed by atoms with van der Waals surface area (Å²) < 4.78 is 48.8. The van der Waals surface area contributed by atoms with Crippen LogP contribution in [0.5, 0.6) is 0 Å². The van der Waals surface area contributed by atoms with Gasteiger partial charge in [0, 0.05) is 21.0 Å². The molecule has 13 heteroatoms. The predicted molar refractivity (Wildman–Crippen MR) is 85.7 cm³/mol. The first-order valence-corrected chi connectivity index (χ1v) is 9.83. The van der Waals surface area contributed by atoms with Crippen LogP contribution in [0.25, 0.3) is 0 Å². The number of esters is 2. The standard InChI is InChI=1S/C13H19NO10S2/c1-6(15)21-8-9(24-26(4,18)19)10(12(17)25-5-14)23-13(20-3)11(8)22-7(2)16/h8-13,17H,1-4H3/t8-,9+,10-,11+,12?,13-/m0/s1. The van der Waals surface area contributed by atoms with Gasteiger partial charge in [0.1, 0.15) is 23.0 Å². The van der Waals surface area contributed by atoms with E-state index in [2.05, 4.69) is 0 Å². The first-order chi connectivity index (χ1) is 12.0. The largest absolute Gasteiger partial charge is 0.455 e. The number of aliphatic hydroxyl groups excluding tert-OH is 1. The van der Waals surface area contributed by atoms with Crippen LogP contribution in [0.4, 0.5) is 0 Å². The van der Waals surface area contributed by atoms with E-state index in [0.29, 0.717) is 11.8 Å². The lowest BCUT2D eigenvalue weighted by atomic mass is 9.98. The van der Waals surface area contributed by atoms with Gasteiger partial charge < -0.3 is 24.1 Å². The Morgan fingerprint density at radius 3 is 2.15 bits per heavy atom. The molecule has 1 unspecified atom stereocenters. The first-order valence-electron chi connectivity index (χ1n) is 7.14. The molecule has 1 heterocycles. The fourth-order valence-corrected chi connectivity index (χ4v) is 3.41. The van der Waals surface area contributed by atoms with E-state index in [1.54, 1.807) is 5.40 Å². The molecule has 1 aliphatic rings. The van der Waals surface area contributed by atoms with Gasteiger partial charge in [-0.25, -0.2) is 0 Å². The molecule has 6 atom stereocenters. The summed E-state index contributed by atoms with van der Waals surface area (Å²) in [5, 5.41) is 20.5. The Labute approximate surface area is 154 Å². The van der Waals surface area contributed by atoms with Gasteiger partial charge in [-0.3, -0.25) is 13.8 Å². The maximum Gasteiger partial charge on any atom is 0.303 e. The number of carbonyl (C=O) groups is 2. The van der Waals surface area contributed by atoms with Crippen LogP contribution in [-0.4, -0.2) is 75.0 Å². The topological polar surface area (TPSA) is 158 Å². The minimum atomic E-state index is -4.11. The van der Waals surface area contributed by atoms with Crippen LogP contribution < -0.4 is 0 Å². The van der Waals surface area contributed by atoms with E-state index in [-0.39, 0.29) is 0 Å². The lowest BCUT2D eigenvalue weighted by Gasteiger charge is -2.44. The summed E-state index contributed by atoms with van der Waals surface area (Å²) in [7, 11) is -2.91. The predicted octanol–water partition coefficient (Wildman–Crippen LogP) is -0.901. The maximum atomic E-state index is 11.6. The van der Waals surface area contributed by atoms with Crippen molar-refractivity contribution in [2.24, 2.45) is 0 Å². The van der Waals surface area contributed by atoms with Gasteiger partial charge in [0.25, 0.3) is 10.1 Å². The zero-order chi connectivity index (χ0) is 20.1. The molecule has 0 spiro atoms. The van der Waals surface area contributed by atoms with E-state index in [1.165, 1.54) is 7.11 Å². The maximum absolute atomic E-state index is 11.6. The van der Waals surface area contributed by atoms with Gasteiger partial charge in [-0.2, -0.15) is 13.7 Å². The number of rotatable bonds is 7. The average molecular weight is 413 g/mol. The van der Waals surface area contributed by atoms with Gasteiger partial charge in [0.2, 0.25) is 0 Å². The highest BCUT2D eigenvalue weighted by atomic mass is 32.2. The third kappa shape index (κ3) is 6.38. The second kappa shape index (κ2) is 9.49. The molecule has 0 aromatic carbocycles. The zero-order valence-electron chi connectivity index (χ0n) is 14.3. The van der Waals surface area contributed by atoms with Crippen molar-refractivity contribution in [1.82, 2.24) is 0 Å². The monoisotopic (exact) mass is 413 g/mol. The molecule has 0 aromatic rings. The van der Waals surface area contributed by atoms with Crippen molar-refractivity contribution in [2.75, 3.05) is 13.4 Å². The number of aliphatic hydroxyl groups is 1. The fraction of sp³-hybridized carbons (Fsp3) is 0.769. The van der Waals surface area contributed by atoms with Crippen molar-refractivity contribution in [3.8, 4) is 5.40 Å². The van der Waals surface area contributed by atoms with E-state index in [4.69, 9.17) is 28.4 Å². The lowest BCUT2D eigenvalue weighted by Crippen LogP contribution is -2.63. The van der Waals surface area contributed by atoms with Crippen LogP contribution in [0.15, 0.2) is 0 Å². The third-order valence-electron chi connectivity index (χ3n) is 3.11. The van der Waals surface area contributed by atoms with Crippen LogP contribution >= 0.6 is 11.8 Å². The number of hydrogen-bond acceptors (Lipinski definition) is 12. The minimum Gasteiger partial charge on any atom is -0.455 e. The third-order valence-corrected chi connectivity index (χ3v) is 4.29. The quantitative estimate of drug-likeness (QED) is 0.237. The zero-order valence-corrected chi connectivity index (χ0v) is 16.0. The van der Waals surface area contributed by atoms with Crippen molar-refractivity contribution in [3.63, 3.8) is 0 Å². The lowest BCUT2D eigenvalue weighted by molar-refractivity contribution is -0.298. The molecular weight excluding hydrogens is 394 g/mol. The Balaban J connectivity index is 3.38. The Kier molecular flexibility index (Phi) is 8.25. The van der Waals surface area contributed by atoms with E-state index in [1.807, 2.05) is 0 Å². The van der Waals surface area contributed by atoms with Gasteiger partial charge in [0.15, 0.2) is 18.5 Å². The number of thioether (sulfide) groups is 1. The van der Waals surface area contributed by atoms with Gasteiger partial charge in [-0.05, 0) is 11.8 Å². The Hall–Kier alpha value is -1.43. The smallest absolute Gasteiger partial charge is 0.303 e. The minimum absolute atomic E-state index is 0.374. The summed E-state index contributed by atoms with van der Waals surface area (Å²) in [6.45, 7) is 2.13. The molecule has 0 amide bonds. The van der Waals surface area contributed by atoms with Gasteiger partial charge in [-0.1, -0.05) is 0 Å². The van der Waals surface area contributed by atoms with E-state index in [9.17, 15) is 23.1 Å². The summed E-state index contributed by atoms with van der Waals surface area (Å²) in [5.74, 6) is -1.60. The molecule has 1 fully saturated rings. The molecule has 148 valence electrons. The van der Waals surface area contributed by atoms with Crippen molar-refractivity contribution in [1.29, 1.82) is 5.26 Å². The fourth-order valence-electron chi connectivity index (χ4n) is 2.33. The van der Waals surface area contributed by atoms with Crippen molar-refractivity contribution >= 4 is 33.8 Å². The second-order valence-corrected chi connectivity index (χ2v) is 7.72. The number of methoxy groups -OCH3 is 1. The molecule has 0 aromatic heterocycles. The molecule has 1 aliphatic heterocycles. The van der Waals surface area contributed by atoms with Crippen molar-refractivity contribution < 1.29 is 46.2 Å². The average Bonchev–Trinajstić information content (AvgIpc) is 2.48. The van der Waals surface area contributed by atoms with Gasteiger partial charge >= 0.3 is 11.9 Å². The van der Waals surface area contributed by atoms with Gasteiger partial charge in [0.05, 0.1) is 6.26 Å². The summed E-state index contributed by atoms with van der Waals surface area (Å²) >= 11 is 0.374. The van der Waals surface area contributed by atoms with E-state index in [0.717, 1.165) is 20.1 Å². The van der Waals surface area contributed by atoms with Crippen molar-refractivity contribution in [2.45, 2.75) is 50.0 Å². The number of thiocyanates is 1. The number of carbonyl (C=O) groups excluding carboxylic acids is 2. The summed E-state index contributed by atoms with van der Waals surface area (Å²) in [5.41, 5.74) is -1.57. The van der Waals surface area contributed by atoms with Crippen LogP contribution in [-0.2, 0) is 42.8 Å². The summed E-state index contributed by atoms with van der Waals surface area (Å²) in [4.78, 5) is 22.9. The molecule has 1 saturated heterocycles. The molecular formula is C13H19NO10S2. The molecule has 1 N–H and O–H groups in total. The van der Waals surface area contributed by atoms with E-state index < -0.39 is 58.2 Å². The number of nitrogens with zero attached hydrogens (tertiary/aromatic N) is 1. The van der Waals surface area contributed by atoms with E-state index >= 15 is 0 Å². The summed E-state index contributed by atoms with van der Waals surface area (Å²) in [6.07, 6.45) is -6.48. The number of nitriles is 1. The van der Waals surface area contributed by atoms with Crippen molar-refractivity contribution in [3.05, 3.63) is 0 Å². The highest BCUT2D eigenvalue weighted by Gasteiger charge is 2.54. The Bertz CT molecular complexity index is 660. The Morgan fingerprint density at radius 2 is 1.73 bits per heavy atom. The molecule has 1 rings (SSSR count). The highest BCUT2D eigenvalue weighted by Crippen LogP contribution is 2.33. The van der Waals surface area contributed by atoms with Crippen LogP contribution in [0.1, 0.15) is 13.8 Å². The number of ether oxygens (including phenoxy) is 4. The van der Waals surface area contributed by atoms with Crippen LogP contribution in [0, 0.1) is 10.7 Å². The molecule has 11 nitrogen and oxygen atoms in total. The number of hydrogen-bond donors (Lipinski definition) is 1. The first kappa shape index (κ1) is 22.6. The Morgan fingerprint density at radius 1 is 1.19 bits per heavy atom. The molecule has 0 radical (unpaired) electrons. The van der Waals surface area contributed by atoms with Crippen LogP contribution in [0.3, 0.4) is 0 Å². The molecule has 0 aliphatic carbocycles. The molecule has 26 heavy (non-hydrogen) atoms. The summed E-state index contributed by atoms with van der Waals surface area (Å²) in [6, 6.07) is 0. The highest BCUT2D eigenvalue weighted by molar-refractivity contribution is 8.04.